The van der Waals surface area contributed by atoms with Crippen molar-refractivity contribution >= 4 is 21.6 Å². The molecule has 1 heterocycles. The average molecular weight is 307 g/mol. The Labute approximate surface area is 124 Å². The highest BCUT2D eigenvalue weighted by Crippen LogP contribution is 2.25. The Morgan fingerprint density at radius 3 is 2.48 bits per heavy atom. The highest BCUT2D eigenvalue weighted by Gasteiger charge is 2.34. The van der Waals surface area contributed by atoms with Crippen LogP contribution in [0.25, 0.3) is 0 Å². The predicted molar refractivity (Wildman–Crippen MR) is 81.1 cm³/mol. The van der Waals surface area contributed by atoms with Gasteiger partial charge in [-0.3, -0.25) is 4.79 Å². The van der Waals surface area contributed by atoms with Crippen LogP contribution in [0, 0.1) is 0 Å². The number of sulfonamides is 1. The Morgan fingerprint density at radius 2 is 1.86 bits per heavy atom. The summed E-state index contributed by atoms with van der Waals surface area (Å²) < 4.78 is 26.7. The summed E-state index contributed by atoms with van der Waals surface area (Å²) in [6, 6.07) is 6.44. The van der Waals surface area contributed by atoms with Crippen molar-refractivity contribution in [3.8, 4) is 0 Å². The van der Waals surface area contributed by atoms with Gasteiger partial charge in [0.05, 0.1) is 5.69 Å². The minimum Gasteiger partial charge on any atom is -0.360 e. The first-order valence-electron chi connectivity index (χ1n) is 6.38. The molecule has 0 bridgehead atoms. The van der Waals surface area contributed by atoms with Gasteiger partial charge in [-0.05, 0) is 12.1 Å². The number of anilines is 1. The standard InChI is InChI=1S/C14H17N3O3S/c1-3-9-17(10-4-2)14(18)13-15-11-7-5-6-8-12(11)21(19,20)16-13/h3-8,13,15-16H,1-2,9-10H2/t13-/m1/s1. The average Bonchev–Trinajstić information content (AvgIpc) is 2.45. The molecule has 0 fully saturated rings. The van der Waals surface area contributed by atoms with Gasteiger partial charge in [-0.1, -0.05) is 24.3 Å². The van der Waals surface area contributed by atoms with E-state index in [4.69, 9.17) is 0 Å². The number of fused-ring (bicyclic) bond motifs is 1. The molecule has 6 nitrogen and oxygen atoms in total. The molecular formula is C14H17N3O3S. The molecule has 1 aliphatic heterocycles. The fraction of sp³-hybridized carbons (Fsp3) is 0.214. The van der Waals surface area contributed by atoms with E-state index in [-0.39, 0.29) is 10.8 Å². The Balaban J connectivity index is 2.29. The van der Waals surface area contributed by atoms with Crippen LogP contribution >= 0.6 is 0 Å². The highest BCUT2D eigenvalue weighted by molar-refractivity contribution is 7.89. The Morgan fingerprint density at radius 1 is 1.24 bits per heavy atom. The molecule has 0 saturated carbocycles. The number of carbonyl (C=O) groups excluding carboxylic acids is 1. The predicted octanol–water partition coefficient (Wildman–Crippen LogP) is 0.917. The van der Waals surface area contributed by atoms with Crippen molar-refractivity contribution in [1.29, 1.82) is 0 Å². The van der Waals surface area contributed by atoms with Crippen molar-refractivity contribution < 1.29 is 13.2 Å². The quantitative estimate of drug-likeness (QED) is 0.793. The maximum atomic E-state index is 12.4. The molecule has 112 valence electrons. The fourth-order valence-electron chi connectivity index (χ4n) is 2.08. The highest BCUT2D eigenvalue weighted by atomic mass is 32.2. The van der Waals surface area contributed by atoms with Crippen molar-refractivity contribution in [2.24, 2.45) is 0 Å². The summed E-state index contributed by atoms with van der Waals surface area (Å²) in [5.74, 6) is -0.382. The normalized spacial score (nSPS) is 19.0. The Bertz CT molecular complexity index is 660. The van der Waals surface area contributed by atoms with Crippen molar-refractivity contribution in [3.05, 3.63) is 49.6 Å². The van der Waals surface area contributed by atoms with Crippen molar-refractivity contribution in [2.45, 2.75) is 11.1 Å². The third kappa shape index (κ3) is 3.14. The zero-order chi connectivity index (χ0) is 15.5. The van der Waals surface area contributed by atoms with Gasteiger partial charge in [-0.25, -0.2) is 8.42 Å². The molecule has 1 atom stereocenters. The van der Waals surface area contributed by atoms with Crippen LogP contribution in [0.2, 0.25) is 0 Å². The van der Waals surface area contributed by atoms with Gasteiger partial charge in [0.15, 0.2) is 6.17 Å². The van der Waals surface area contributed by atoms with Crippen LogP contribution in [0.5, 0.6) is 0 Å². The zero-order valence-electron chi connectivity index (χ0n) is 11.5. The minimum absolute atomic E-state index is 0.132. The monoisotopic (exact) mass is 307 g/mol. The van der Waals surface area contributed by atoms with Gasteiger partial charge in [0.1, 0.15) is 4.90 Å². The molecule has 7 heteroatoms. The first-order chi connectivity index (χ1) is 9.99. The van der Waals surface area contributed by atoms with E-state index < -0.39 is 16.2 Å². The molecule has 21 heavy (non-hydrogen) atoms. The summed E-state index contributed by atoms with van der Waals surface area (Å²) in [5, 5.41) is 2.90. The van der Waals surface area contributed by atoms with E-state index in [0.29, 0.717) is 18.8 Å². The lowest BCUT2D eigenvalue weighted by molar-refractivity contribution is -0.131. The van der Waals surface area contributed by atoms with E-state index in [1.807, 2.05) is 0 Å². The lowest BCUT2D eigenvalue weighted by Gasteiger charge is -2.31. The summed E-state index contributed by atoms with van der Waals surface area (Å²) in [5.41, 5.74) is 0.409. The number of hydrogen-bond donors (Lipinski definition) is 2. The fourth-order valence-corrected chi connectivity index (χ4v) is 3.36. The van der Waals surface area contributed by atoms with Gasteiger partial charge in [0.2, 0.25) is 10.0 Å². The molecule has 0 unspecified atom stereocenters. The Kier molecular flexibility index (Phi) is 4.44. The molecule has 0 aliphatic carbocycles. The lowest BCUT2D eigenvalue weighted by Crippen LogP contribution is -2.55. The molecular weight excluding hydrogens is 290 g/mol. The number of nitrogens with zero attached hydrogens (tertiary/aromatic N) is 1. The molecule has 1 aliphatic rings. The topological polar surface area (TPSA) is 78.5 Å². The van der Waals surface area contributed by atoms with Gasteiger partial charge in [-0.2, -0.15) is 4.72 Å². The smallest absolute Gasteiger partial charge is 0.261 e. The van der Waals surface area contributed by atoms with Crippen molar-refractivity contribution in [2.75, 3.05) is 18.4 Å². The van der Waals surface area contributed by atoms with Crippen molar-refractivity contribution in [1.82, 2.24) is 9.62 Å². The Hall–Kier alpha value is -2.12. The number of carbonyl (C=O) groups is 1. The molecule has 0 spiro atoms. The largest absolute Gasteiger partial charge is 0.360 e. The number of nitrogens with one attached hydrogen (secondary N) is 2. The SMILES string of the molecule is C=CCN(CC=C)C(=O)[C@@H]1Nc2ccccc2S(=O)(=O)N1. The van der Waals surface area contributed by atoms with Gasteiger partial charge in [0.25, 0.3) is 5.91 Å². The first-order valence-corrected chi connectivity index (χ1v) is 7.86. The molecule has 2 rings (SSSR count). The first kappa shape index (κ1) is 15.3. The van der Waals surface area contributed by atoms with Crippen LogP contribution in [0.3, 0.4) is 0 Å². The third-order valence-corrected chi connectivity index (χ3v) is 4.49. The molecule has 0 radical (unpaired) electrons. The summed E-state index contributed by atoms with van der Waals surface area (Å²) >= 11 is 0. The van der Waals surface area contributed by atoms with E-state index >= 15 is 0 Å². The summed E-state index contributed by atoms with van der Waals surface area (Å²) in [4.78, 5) is 14.0. The second-order valence-electron chi connectivity index (χ2n) is 4.52. The molecule has 2 N–H and O–H groups in total. The van der Waals surface area contributed by atoms with Crippen LogP contribution in [0.15, 0.2) is 54.5 Å². The number of rotatable bonds is 5. The van der Waals surface area contributed by atoms with Crippen molar-refractivity contribution in [3.63, 3.8) is 0 Å². The third-order valence-electron chi connectivity index (χ3n) is 3.01. The van der Waals surface area contributed by atoms with Crippen LogP contribution in [0.1, 0.15) is 0 Å². The molecule has 0 aromatic heterocycles. The molecule has 1 amide bonds. The van der Waals surface area contributed by atoms with E-state index in [1.54, 1.807) is 30.4 Å². The maximum Gasteiger partial charge on any atom is 0.261 e. The summed E-state index contributed by atoms with van der Waals surface area (Å²) in [6.45, 7) is 7.80. The molecule has 1 aromatic rings. The van der Waals surface area contributed by atoms with Gasteiger partial charge in [0, 0.05) is 13.1 Å². The number of hydrogen-bond acceptors (Lipinski definition) is 4. The lowest BCUT2D eigenvalue weighted by atomic mass is 10.3. The number of amides is 1. The second-order valence-corrected chi connectivity index (χ2v) is 6.20. The van der Waals surface area contributed by atoms with Crippen LogP contribution < -0.4 is 10.0 Å². The zero-order valence-corrected chi connectivity index (χ0v) is 12.3. The van der Waals surface area contributed by atoms with Crippen LogP contribution in [-0.4, -0.2) is 38.5 Å². The van der Waals surface area contributed by atoms with E-state index in [0.717, 1.165) is 0 Å². The van der Waals surface area contributed by atoms with Gasteiger partial charge in [-0.15, -0.1) is 13.2 Å². The minimum atomic E-state index is -3.71. The summed E-state index contributed by atoms with van der Waals surface area (Å²) in [7, 11) is -3.71. The molecule has 1 aromatic carbocycles. The molecule has 0 saturated heterocycles. The number of para-hydroxylation sites is 1. The van der Waals surface area contributed by atoms with E-state index in [9.17, 15) is 13.2 Å². The second kappa shape index (κ2) is 6.11. The van der Waals surface area contributed by atoms with E-state index in [2.05, 4.69) is 23.2 Å². The summed E-state index contributed by atoms with van der Waals surface area (Å²) in [6.07, 6.45) is 2.11. The van der Waals surface area contributed by atoms with Crippen LogP contribution in [-0.2, 0) is 14.8 Å². The van der Waals surface area contributed by atoms with Crippen LogP contribution in [0.4, 0.5) is 5.69 Å². The van der Waals surface area contributed by atoms with Gasteiger partial charge >= 0.3 is 0 Å². The van der Waals surface area contributed by atoms with E-state index in [1.165, 1.54) is 11.0 Å². The number of benzene rings is 1. The maximum absolute atomic E-state index is 12.4. The van der Waals surface area contributed by atoms with Gasteiger partial charge < -0.3 is 10.2 Å².